The molecule has 1 nitrogen and oxygen atoms in total. The number of allylic oxidation sites excluding steroid dienone is 5. The Bertz CT molecular complexity index is 525. The Hall–Kier alpha value is -1.33. The van der Waals surface area contributed by atoms with E-state index in [9.17, 15) is 4.57 Å². The maximum atomic E-state index is 13.0. The molecule has 3 rings (SSSR count). The first-order valence-electron chi connectivity index (χ1n) is 5.50. The standard InChI is InChI=1S/C14H13OP/c15-16(13-7-2-1-3-8-13)11-10-12-6-4-5-9-14(12)16/h1-12,14H/t12-,14+,16+/m1/s1. The van der Waals surface area contributed by atoms with Crippen molar-refractivity contribution in [3.8, 4) is 0 Å². The monoisotopic (exact) mass is 228 g/mol. The summed E-state index contributed by atoms with van der Waals surface area (Å²) in [7, 11) is -2.37. The Morgan fingerprint density at radius 2 is 1.69 bits per heavy atom. The van der Waals surface area contributed by atoms with Gasteiger partial charge in [0.15, 0.2) is 0 Å². The van der Waals surface area contributed by atoms with E-state index in [0.717, 1.165) is 5.30 Å². The average molecular weight is 228 g/mol. The molecule has 0 radical (unpaired) electrons. The summed E-state index contributed by atoms with van der Waals surface area (Å²) in [6, 6.07) is 9.82. The molecule has 0 aromatic heterocycles. The van der Waals surface area contributed by atoms with Crippen LogP contribution in [0.3, 0.4) is 0 Å². The fourth-order valence-corrected chi connectivity index (χ4v) is 5.29. The SMILES string of the molecule is O=[P@]1(c2ccccc2)C=C[C@H]2C=CC=C[C@@H]21. The predicted molar refractivity (Wildman–Crippen MR) is 68.4 cm³/mol. The van der Waals surface area contributed by atoms with Crippen molar-refractivity contribution in [3.05, 3.63) is 66.5 Å². The molecule has 0 spiro atoms. The van der Waals surface area contributed by atoms with Gasteiger partial charge in [-0.3, -0.25) is 0 Å². The first-order valence-corrected chi connectivity index (χ1v) is 7.35. The van der Waals surface area contributed by atoms with E-state index in [1.807, 2.05) is 48.3 Å². The minimum atomic E-state index is -2.37. The van der Waals surface area contributed by atoms with Crippen LogP contribution in [0.5, 0.6) is 0 Å². The fraction of sp³-hybridized carbons (Fsp3) is 0.143. The normalized spacial score (nSPS) is 35.2. The van der Waals surface area contributed by atoms with E-state index in [4.69, 9.17) is 0 Å². The van der Waals surface area contributed by atoms with E-state index in [1.165, 1.54) is 0 Å². The van der Waals surface area contributed by atoms with Gasteiger partial charge in [-0.1, -0.05) is 60.7 Å². The molecule has 1 aromatic rings. The zero-order chi connectivity index (χ0) is 11.0. The lowest BCUT2D eigenvalue weighted by Gasteiger charge is -2.22. The van der Waals surface area contributed by atoms with Crippen LogP contribution in [0.4, 0.5) is 0 Å². The Kier molecular flexibility index (Phi) is 2.22. The largest absolute Gasteiger partial charge is 0.314 e. The molecule has 16 heavy (non-hydrogen) atoms. The van der Waals surface area contributed by atoms with Crippen molar-refractivity contribution < 1.29 is 4.57 Å². The summed E-state index contributed by atoms with van der Waals surface area (Å²) in [5, 5.41) is 0.971. The van der Waals surface area contributed by atoms with Gasteiger partial charge in [0.1, 0.15) is 7.14 Å². The highest BCUT2D eigenvalue weighted by atomic mass is 31.2. The molecule has 2 heteroatoms. The quantitative estimate of drug-likeness (QED) is 0.674. The molecule has 0 unspecified atom stereocenters. The predicted octanol–water partition coefficient (Wildman–Crippen LogP) is 3.31. The van der Waals surface area contributed by atoms with Gasteiger partial charge in [-0.15, -0.1) is 0 Å². The summed E-state index contributed by atoms with van der Waals surface area (Å²) in [4.78, 5) is 0. The van der Waals surface area contributed by atoms with Gasteiger partial charge in [0.2, 0.25) is 0 Å². The van der Waals surface area contributed by atoms with E-state index >= 15 is 0 Å². The van der Waals surface area contributed by atoms with Gasteiger partial charge < -0.3 is 4.57 Å². The van der Waals surface area contributed by atoms with Crippen LogP contribution in [0.2, 0.25) is 0 Å². The van der Waals surface area contributed by atoms with Crippen LogP contribution < -0.4 is 5.30 Å². The smallest absolute Gasteiger partial charge is 0.143 e. The Morgan fingerprint density at radius 1 is 0.938 bits per heavy atom. The lowest BCUT2D eigenvalue weighted by molar-refractivity contribution is 0.580. The summed E-state index contributed by atoms with van der Waals surface area (Å²) in [5.74, 6) is 2.24. The highest BCUT2D eigenvalue weighted by Gasteiger charge is 2.39. The summed E-state index contributed by atoms with van der Waals surface area (Å²) < 4.78 is 13.0. The molecule has 80 valence electrons. The molecule has 0 saturated carbocycles. The van der Waals surface area contributed by atoms with Crippen LogP contribution >= 0.6 is 7.14 Å². The molecule has 1 aliphatic carbocycles. The van der Waals surface area contributed by atoms with Crippen molar-refractivity contribution in [2.24, 2.45) is 5.92 Å². The minimum absolute atomic E-state index is 0.139. The Balaban J connectivity index is 2.08. The lowest BCUT2D eigenvalue weighted by atomic mass is 10.0. The van der Waals surface area contributed by atoms with Gasteiger partial charge in [-0.05, 0) is 5.82 Å². The summed E-state index contributed by atoms with van der Waals surface area (Å²) in [6.45, 7) is 0. The van der Waals surface area contributed by atoms with E-state index in [-0.39, 0.29) is 5.66 Å². The van der Waals surface area contributed by atoms with Crippen LogP contribution in [0, 0.1) is 5.92 Å². The van der Waals surface area contributed by atoms with E-state index in [2.05, 4.69) is 18.2 Å². The van der Waals surface area contributed by atoms with Crippen molar-refractivity contribution in [1.82, 2.24) is 0 Å². The maximum absolute atomic E-state index is 13.0. The molecular formula is C14H13OP. The Morgan fingerprint density at radius 3 is 2.50 bits per heavy atom. The van der Waals surface area contributed by atoms with Crippen LogP contribution in [0.25, 0.3) is 0 Å². The summed E-state index contributed by atoms with van der Waals surface area (Å²) >= 11 is 0. The van der Waals surface area contributed by atoms with Crippen LogP contribution in [-0.4, -0.2) is 5.66 Å². The van der Waals surface area contributed by atoms with Crippen molar-refractivity contribution in [2.75, 3.05) is 0 Å². The highest BCUT2D eigenvalue weighted by Crippen LogP contribution is 2.59. The second-order valence-electron chi connectivity index (χ2n) is 4.22. The van der Waals surface area contributed by atoms with Gasteiger partial charge in [0.25, 0.3) is 0 Å². The molecule has 0 fully saturated rings. The third-order valence-corrected chi connectivity index (χ3v) is 6.40. The topological polar surface area (TPSA) is 17.1 Å². The third-order valence-electron chi connectivity index (χ3n) is 3.28. The highest BCUT2D eigenvalue weighted by molar-refractivity contribution is 7.75. The molecule has 1 heterocycles. The molecule has 3 atom stereocenters. The average Bonchev–Trinajstić information content (AvgIpc) is 2.71. The summed E-state index contributed by atoms with van der Waals surface area (Å²) in [5.41, 5.74) is 0.139. The number of benzene rings is 1. The fourth-order valence-electron chi connectivity index (χ4n) is 2.42. The van der Waals surface area contributed by atoms with Gasteiger partial charge in [0, 0.05) is 16.9 Å². The zero-order valence-corrected chi connectivity index (χ0v) is 9.76. The second-order valence-corrected chi connectivity index (χ2v) is 7.05. The maximum Gasteiger partial charge on any atom is 0.143 e. The molecule has 0 saturated heterocycles. The Labute approximate surface area is 95.6 Å². The molecule has 0 N–H and O–H groups in total. The number of hydrogen-bond donors (Lipinski definition) is 0. The minimum Gasteiger partial charge on any atom is -0.314 e. The van der Waals surface area contributed by atoms with Gasteiger partial charge in [-0.25, -0.2) is 0 Å². The van der Waals surface area contributed by atoms with E-state index < -0.39 is 7.14 Å². The molecule has 0 amide bonds. The van der Waals surface area contributed by atoms with Gasteiger partial charge in [0.05, 0.1) is 0 Å². The second kappa shape index (κ2) is 3.61. The van der Waals surface area contributed by atoms with E-state index in [0.29, 0.717) is 5.92 Å². The first-order chi connectivity index (χ1) is 7.81. The number of rotatable bonds is 1. The van der Waals surface area contributed by atoms with Gasteiger partial charge in [-0.2, -0.15) is 0 Å². The van der Waals surface area contributed by atoms with Crippen molar-refractivity contribution in [2.45, 2.75) is 5.66 Å². The van der Waals surface area contributed by atoms with Crippen LogP contribution in [-0.2, 0) is 4.57 Å². The molecule has 1 aromatic carbocycles. The molecule has 0 bridgehead atoms. The zero-order valence-electron chi connectivity index (χ0n) is 8.86. The van der Waals surface area contributed by atoms with Crippen LogP contribution in [0.1, 0.15) is 0 Å². The van der Waals surface area contributed by atoms with Crippen LogP contribution in [0.15, 0.2) is 66.5 Å². The number of hydrogen-bond acceptors (Lipinski definition) is 1. The number of fused-ring (bicyclic) bond motifs is 1. The molecule has 1 aliphatic heterocycles. The van der Waals surface area contributed by atoms with Crippen molar-refractivity contribution in [3.63, 3.8) is 0 Å². The lowest BCUT2D eigenvalue weighted by Crippen LogP contribution is -2.17. The van der Waals surface area contributed by atoms with E-state index in [1.54, 1.807) is 0 Å². The van der Waals surface area contributed by atoms with Crippen molar-refractivity contribution in [1.29, 1.82) is 0 Å². The first kappa shape index (κ1) is 9.86. The van der Waals surface area contributed by atoms with Gasteiger partial charge >= 0.3 is 0 Å². The molecule has 2 aliphatic rings. The van der Waals surface area contributed by atoms with Crippen molar-refractivity contribution >= 4 is 12.4 Å². The molecular weight excluding hydrogens is 215 g/mol. The summed E-state index contributed by atoms with van der Waals surface area (Å²) in [6.07, 6.45) is 10.3. The third kappa shape index (κ3) is 1.36.